The van der Waals surface area contributed by atoms with Crippen LogP contribution in [0.2, 0.25) is 5.02 Å². The van der Waals surface area contributed by atoms with Crippen molar-refractivity contribution in [2.75, 3.05) is 0 Å². The molecule has 0 radical (unpaired) electrons. The second-order valence-corrected chi connectivity index (χ2v) is 6.60. The number of alkyl halides is 2. The number of benzene rings is 1. The lowest BCUT2D eigenvalue weighted by molar-refractivity contribution is -0.0523. The van der Waals surface area contributed by atoms with Crippen LogP contribution in [0.5, 0.6) is 5.88 Å². The third kappa shape index (κ3) is 4.01. The Kier molecular flexibility index (Phi) is 5.39. The molecule has 2 aromatic heterocycles. The maximum absolute atomic E-state index is 12.8. The van der Waals surface area contributed by atoms with Crippen molar-refractivity contribution in [2.24, 2.45) is 7.05 Å². The molecule has 9 heteroatoms. The van der Waals surface area contributed by atoms with Gasteiger partial charge in [0.15, 0.2) is 16.3 Å². The minimum Gasteiger partial charge on any atom is -0.414 e. The Bertz CT molecular complexity index is 886. The van der Waals surface area contributed by atoms with Gasteiger partial charge in [0.25, 0.3) is 0 Å². The summed E-state index contributed by atoms with van der Waals surface area (Å²) in [7, 11) is 1.73. The molecule has 25 heavy (non-hydrogen) atoms. The third-order valence-corrected chi connectivity index (χ3v) is 4.74. The summed E-state index contributed by atoms with van der Waals surface area (Å²) >= 11 is 7.18. The summed E-state index contributed by atoms with van der Waals surface area (Å²) in [5.41, 5.74) is 1.74. The predicted octanol–water partition coefficient (Wildman–Crippen LogP) is 4.47. The standard InChI is InChI=1S/C16H15ClF2N4OS/c1-3-11-20-13-12(23(11)2)14(24-15(18)19)22-16(21-13)25-8-9-4-6-10(17)7-5-9/h4-7,15H,3,8H2,1-2H3. The second-order valence-electron chi connectivity index (χ2n) is 5.22. The van der Waals surface area contributed by atoms with Crippen LogP contribution in [0.4, 0.5) is 8.78 Å². The normalized spacial score (nSPS) is 11.4. The van der Waals surface area contributed by atoms with Crippen LogP contribution in [0.1, 0.15) is 18.3 Å². The van der Waals surface area contributed by atoms with E-state index in [4.69, 9.17) is 11.6 Å². The Labute approximate surface area is 152 Å². The number of hydrogen-bond donors (Lipinski definition) is 0. The van der Waals surface area contributed by atoms with E-state index in [0.29, 0.717) is 33.5 Å². The highest BCUT2D eigenvalue weighted by atomic mass is 35.5. The van der Waals surface area contributed by atoms with Crippen molar-refractivity contribution < 1.29 is 13.5 Å². The SMILES string of the molecule is CCc1nc2nc(SCc3ccc(Cl)cc3)nc(OC(F)F)c2n1C. The Morgan fingerprint density at radius 2 is 1.92 bits per heavy atom. The van der Waals surface area contributed by atoms with Gasteiger partial charge in [-0.05, 0) is 17.7 Å². The zero-order valence-corrected chi connectivity index (χ0v) is 15.1. The van der Waals surface area contributed by atoms with Crippen molar-refractivity contribution in [3.05, 3.63) is 40.7 Å². The molecule has 132 valence electrons. The van der Waals surface area contributed by atoms with E-state index in [1.807, 2.05) is 19.1 Å². The van der Waals surface area contributed by atoms with Crippen LogP contribution in [-0.2, 0) is 19.2 Å². The van der Waals surface area contributed by atoms with Gasteiger partial charge in [0.2, 0.25) is 5.88 Å². The molecule has 0 bridgehead atoms. The Hall–Kier alpha value is -1.93. The zero-order valence-electron chi connectivity index (χ0n) is 13.5. The number of ether oxygens (including phenoxy) is 1. The van der Waals surface area contributed by atoms with Gasteiger partial charge in [-0.3, -0.25) is 0 Å². The Balaban J connectivity index is 1.93. The number of rotatable bonds is 6. The first-order chi connectivity index (χ1) is 12.0. The van der Waals surface area contributed by atoms with Gasteiger partial charge in [0, 0.05) is 24.2 Å². The molecule has 2 heterocycles. The topological polar surface area (TPSA) is 52.8 Å². The first-order valence-electron chi connectivity index (χ1n) is 7.53. The molecule has 0 spiro atoms. The summed E-state index contributed by atoms with van der Waals surface area (Å²) < 4.78 is 31.8. The zero-order chi connectivity index (χ0) is 18.0. The van der Waals surface area contributed by atoms with Gasteiger partial charge < -0.3 is 9.30 Å². The molecule has 0 aliphatic rings. The lowest BCUT2D eigenvalue weighted by Gasteiger charge is -2.08. The van der Waals surface area contributed by atoms with Crippen LogP contribution < -0.4 is 4.74 Å². The molecule has 0 aliphatic carbocycles. The van der Waals surface area contributed by atoms with Gasteiger partial charge in [0.1, 0.15) is 5.82 Å². The highest BCUT2D eigenvalue weighted by Gasteiger charge is 2.19. The molecular formula is C16H15ClF2N4OS. The molecule has 0 atom stereocenters. The van der Waals surface area contributed by atoms with Crippen LogP contribution in [0.25, 0.3) is 11.2 Å². The number of aryl methyl sites for hydroxylation is 2. The quantitative estimate of drug-likeness (QED) is 0.463. The van der Waals surface area contributed by atoms with Crippen molar-refractivity contribution in [1.29, 1.82) is 0 Å². The van der Waals surface area contributed by atoms with Crippen molar-refractivity contribution in [3.8, 4) is 5.88 Å². The largest absolute Gasteiger partial charge is 0.414 e. The maximum atomic E-state index is 12.8. The third-order valence-electron chi connectivity index (χ3n) is 3.57. The van der Waals surface area contributed by atoms with Crippen molar-refractivity contribution in [3.63, 3.8) is 0 Å². The number of fused-ring (bicyclic) bond motifs is 1. The van der Waals surface area contributed by atoms with Gasteiger partial charge in [0.05, 0.1) is 0 Å². The monoisotopic (exact) mass is 384 g/mol. The molecule has 5 nitrogen and oxygen atoms in total. The lowest BCUT2D eigenvalue weighted by atomic mass is 10.2. The van der Waals surface area contributed by atoms with Crippen LogP contribution in [-0.4, -0.2) is 26.1 Å². The second kappa shape index (κ2) is 7.53. The summed E-state index contributed by atoms with van der Waals surface area (Å²) in [4.78, 5) is 12.9. The summed E-state index contributed by atoms with van der Waals surface area (Å²) in [6, 6.07) is 7.36. The number of thioether (sulfide) groups is 1. The summed E-state index contributed by atoms with van der Waals surface area (Å²) in [5, 5.41) is 0.985. The highest BCUT2D eigenvalue weighted by Crippen LogP contribution is 2.29. The smallest absolute Gasteiger partial charge is 0.388 e. The van der Waals surface area contributed by atoms with E-state index in [1.54, 1.807) is 23.7 Å². The fraction of sp³-hybridized carbons (Fsp3) is 0.312. The molecule has 0 amide bonds. The number of aromatic nitrogens is 4. The molecule has 0 aliphatic heterocycles. The van der Waals surface area contributed by atoms with Crippen molar-refractivity contribution in [2.45, 2.75) is 30.9 Å². The molecule has 3 aromatic rings. The Morgan fingerprint density at radius 1 is 1.20 bits per heavy atom. The molecule has 0 N–H and O–H groups in total. The fourth-order valence-electron chi connectivity index (χ4n) is 2.38. The van der Waals surface area contributed by atoms with Gasteiger partial charge in [-0.15, -0.1) is 0 Å². The minimum atomic E-state index is -2.97. The molecular weight excluding hydrogens is 370 g/mol. The van der Waals surface area contributed by atoms with E-state index in [2.05, 4.69) is 19.7 Å². The van der Waals surface area contributed by atoms with Crippen LogP contribution in [0.15, 0.2) is 29.4 Å². The summed E-state index contributed by atoms with van der Waals surface area (Å²) in [5.74, 6) is 1.14. The van der Waals surface area contributed by atoms with E-state index >= 15 is 0 Å². The van der Waals surface area contributed by atoms with Gasteiger partial charge in [-0.1, -0.05) is 42.4 Å². The molecule has 1 aromatic carbocycles. The predicted molar refractivity (Wildman–Crippen MR) is 93.3 cm³/mol. The van der Waals surface area contributed by atoms with E-state index in [1.165, 1.54) is 11.8 Å². The number of hydrogen-bond acceptors (Lipinski definition) is 5. The van der Waals surface area contributed by atoms with Gasteiger partial charge in [-0.2, -0.15) is 13.8 Å². The first kappa shape index (κ1) is 17.9. The molecule has 0 saturated heterocycles. The van der Waals surface area contributed by atoms with E-state index in [9.17, 15) is 8.78 Å². The van der Waals surface area contributed by atoms with Crippen LogP contribution >= 0.6 is 23.4 Å². The molecule has 0 unspecified atom stereocenters. The first-order valence-corrected chi connectivity index (χ1v) is 8.89. The van der Waals surface area contributed by atoms with E-state index in [0.717, 1.165) is 11.4 Å². The molecule has 0 fully saturated rings. The average molecular weight is 385 g/mol. The average Bonchev–Trinajstić information content (AvgIpc) is 2.90. The Morgan fingerprint density at radius 3 is 2.56 bits per heavy atom. The number of imidazole rings is 1. The molecule has 3 rings (SSSR count). The maximum Gasteiger partial charge on any atom is 0.388 e. The lowest BCUT2D eigenvalue weighted by Crippen LogP contribution is -2.07. The summed E-state index contributed by atoms with van der Waals surface area (Å²) in [6.45, 7) is -1.04. The highest BCUT2D eigenvalue weighted by molar-refractivity contribution is 7.98. The number of halogens is 3. The summed E-state index contributed by atoms with van der Waals surface area (Å²) in [6.07, 6.45) is 0.647. The van der Waals surface area contributed by atoms with Crippen molar-refractivity contribution >= 4 is 34.5 Å². The number of nitrogens with zero attached hydrogens (tertiary/aromatic N) is 4. The van der Waals surface area contributed by atoms with Crippen molar-refractivity contribution in [1.82, 2.24) is 19.5 Å². The fourth-order valence-corrected chi connectivity index (χ4v) is 3.29. The van der Waals surface area contributed by atoms with E-state index < -0.39 is 6.61 Å². The van der Waals surface area contributed by atoms with Gasteiger partial charge >= 0.3 is 6.61 Å². The van der Waals surface area contributed by atoms with Gasteiger partial charge in [-0.25, -0.2) is 9.97 Å². The molecule has 0 saturated carbocycles. The van der Waals surface area contributed by atoms with E-state index in [-0.39, 0.29) is 5.88 Å². The van der Waals surface area contributed by atoms with Crippen LogP contribution in [0.3, 0.4) is 0 Å². The minimum absolute atomic E-state index is 0.159. The van der Waals surface area contributed by atoms with Crippen LogP contribution in [0, 0.1) is 0 Å².